The van der Waals surface area contributed by atoms with Crippen LogP contribution in [0.2, 0.25) is 0 Å². The molecule has 0 aliphatic carbocycles. The van der Waals surface area contributed by atoms with Crippen molar-refractivity contribution in [2.75, 3.05) is 5.75 Å². The molecular weight excluding hydrogens is 228 g/mol. The fourth-order valence-corrected chi connectivity index (χ4v) is 2.30. The molecule has 1 nitrogen and oxygen atoms in total. The van der Waals surface area contributed by atoms with Crippen molar-refractivity contribution in [2.24, 2.45) is 0 Å². The van der Waals surface area contributed by atoms with E-state index in [1.54, 1.807) is 0 Å². The molecule has 0 saturated heterocycles. The molecule has 3 heteroatoms. The quantitative estimate of drug-likeness (QED) is 0.528. The molecule has 0 aliphatic rings. The Morgan fingerprint density at radius 2 is 1.67 bits per heavy atom. The van der Waals surface area contributed by atoms with Crippen molar-refractivity contribution in [3.05, 3.63) is 35.9 Å². The molecule has 1 aromatic rings. The summed E-state index contributed by atoms with van der Waals surface area (Å²) < 4.78 is 10.6. The number of hydrogen-bond donors (Lipinski definition) is 0. The number of rotatable bonds is 7. The molecule has 0 radical (unpaired) electrons. The number of aryl methyl sites for hydroxylation is 1. The lowest BCUT2D eigenvalue weighted by atomic mass is 10.1. The van der Waals surface area contributed by atoms with E-state index in [0.29, 0.717) is 5.75 Å². The molecule has 0 spiro atoms. The molecule has 0 saturated carbocycles. The van der Waals surface area contributed by atoms with Crippen molar-refractivity contribution in [2.45, 2.75) is 32.1 Å². The van der Waals surface area contributed by atoms with Gasteiger partial charge in [-0.15, -0.1) is 0 Å². The largest absolute Gasteiger partial charge is 0.243 e. The predicted molar refractivity (Wildman–Crippen MR) is 67.5 cm³/mol. The van der Waals surface area contributed by atoms with Crippen molar-refractivity contribution in [1.82, 2.24) is 0 Å². The van der Waals surface area contributed by atoms with Crippen LogP contribution in [0, 0.1) is 0 Å². The minimum Gasteiger partial charge on any atom is -0.243 e. The van der Waals surface area contributed by atoms with Gasteiger partial charge in [0.05, 0.1) is 0 Å². The van der Waals surface area contributed by atoms with Gasteiger partial charge < -0.3 is 0 Å². The van der Waals surface area contributed by atoms with Crippen LogP contribution < -0.4 is 0 Å². The van der Waals surface area contributed by atoms with Gasteiger partial charge in [0.15, 0.2) is 0 Å². The summed E-state index contributed by atoms with van der Waals surface area (Å²) in [4.78, 5) is 0. The summed E-state index contributed by atoms with van der Waals surface area (Å²) in [5, 5.41) is 0. The third-order valence-corrected chi connectivity index (χ3v) is 3.44. The van der Waals surface area contributed by atoms with Crippen molar-refractivity contribution in [3.8, 4) is 0 Å². The monoisotopic (exact) mass is 244 g/mol. The van der Waals surface area contributed by atoms with Crippen LogP contribution in [-0.4, -0.2) is 9.96 Å². The summed E-state index contributed by atoms with van der Waals surface area (Å²) in [6, 6.07) is 10.5. The summed E-state index contributed by atoms with van der Waals surface area (Å²) in [6.07, 6.45) is 5.66. The molecular formula is C12H17ClOS. The highest BCUT2D eigenvalue weighted by Gasteiger charge is 1.95. The van der Waals surface area contributed by atoms with E-state index in [9.17, 15) is 4.21 Å². The zero-order valence-corrected chi connectivity index (χ0v) is 10.4. The highest BCUT2D eigenvalue weighted by molar-refractivity contribution is 8.08. The Balaban J connectivity index is 2.00. The Hall–Kier alpha value is -0.340. The Morgan fingerprint density at radius 1 is 1.00 bits per heavy atom. The molecule has 0 aromatic heterocycles. The Bertz CT molecular complexity index is 287. The maximum atomic E-state index is 10.6. The highest BCUT2D eigenvalue weighted by Crippen LogP contribution is 2.08. The zero-order valence-electron chi connectivity index (χ0n) is 8.82. The van der Waals surface area contributed by atoms with Crippen molar-refractivity contribution >= 4 is 20.7 Å². The summed E-state index contributed by atoms with van der Waals surface area (Å²) in [5.41, 5.74) is 1.40. The molecule has 1 atom stereocenters. The van der Waals surface area contributed by atoms with E-state index in [-0.39, 0.29) is 0 Å². The van der Waals surface area contributed by atoms with Crippen LogP contribution in [0.15, 0.2) is 30.3 Å². The van der Waals surface area contributed by atoms with Crippen LogP contribution in [0.4, 0.5) is 0 Å². The minimum absolute atomic E-state index is 0.632. The average Bonchev–Trinajstić information content (AvgIpc) is 2.24. The van der Waals surface area contributed by atoms with Gasteiger partial charge in [0, 0.05) is 5.75 Å². The predicted octanol–water partition coefficient (Wildman–Crippen LogP) is 3.69. The van der Waals surface area contributed by atoms with E-state index in [0.717, 1.165) is 19.3 Å². The topological polar surface area (TPSA) is 17.1 Å². The number of halogens is 1. The molecule has 1 rings (SSSR count). The van der Waals surface area contributed by atoms with Crippen molar-refractivity contribution < 1.29 is 4.21 Å². The second-order valence-corrected chi connectivity index (χ2v) is 5.66. The molecule has 15 heavy (non-hydrogen) atoms. The number of hydrogen-bond acceptors (Lipinski definition) is 1. The normalized spacial score (nSPS) is 12.6. The van der Waals surface area contributed by atoms with Gasteiger partial charge in [-0.3, -0.25) is 0 Å². The Kier molecular flexibility index (Phi) is 6.69. The van der Waals surface area contributed by atoms with Gasteiger partial charge >= 0.3 is 0 Å². The first-order valence-electron chi connectivity index (χ1n) is 5.37. The van der Waals surface area contributed by atoms with Crippen molar-refractivity contribution in [1.29, 1.82) is 0 Å². The summed E-state index contributed by atoms with van der Waals surface area (Å²) in [6.45, 7) is 0. The third kappa shape index (κ3) is 6.69. The van der Waals surface area contributed by atoms with Crippen LogP contribution in [0.25, 0.3) is 0 Å². The smallest absolute Gasteiger partial charge is 0.114 e. The standard InChI is InChI=1S/C12H17ClOS/c13-15(14)11-7-2-1-4-8-12-9-5-3-6-10-12/h3,5-6,9-10H,1-2,4,7-8,11H2. The average molecular weight is 245 g/mol. The van der Waals surface area contributed by atoms with E-state index in [4.69, 9.17) is 10.7 Å². The van der Waals surface area contributed by atoms with Crippen LogP contribution in [0.5, 0.6) is 0 Å². The molecule has 1 aromatic carbocycles. The van der Waals surface area contributed by atoms with E-state index < -0.39 is 10.0 Å². The van der Waals surface area contributed by atoms with Crippen LogP contribution in [0.1, 0.15) is 31.2 Å². The van der Waals surface area contributed by atoms with Crippen LogP contribution >= 0.6 is 10.7 Å². The number of unbranched alkanes of at least 4 members (excludes halogenated alkanes) is 3. The van der Waals surface area contributed by atoms with Crippen molar-refractivity contribution in [3.63, 3.8) is 0 Å². The molecule has 0 fully saturated rings. The molecule has 0 bridgehead atoms. The van der Waals surface area contributed by atoms with Crippen LogP contribution in [-0.2, 0) is 16.4 Å². The minimum atomic E-state index is -1.13. The highest BCUT2D eigenvalue weighted by atomic mass is 35.7. The maximum absolute atomic E-state index is 10.6. The SMILES string of the molecule is O=S(Cl)CCCCCCc1ccccc1. The van der Waals surface area contributed by atoms with Gasteiger partial charge in [-0.05, 0) is 35.5 Å². The van der Waals surface area contributed by atoms with Gasteiger partial charge in [-0.2, -0.15) is 0 Å². The first kappa shape index (κ1) is 12.7. The van der Waals surface area contributed by atoms with E-state index in [2.05, 4.69) is 24.3 Å². The summed E-state index contributed by atoms with van der Waals surface area (Å²) >= 11 is 0. The lowest BCUT2D eigenvalue weighted by Crippen LogP contribution is -1.90. The van der Waals surface area contributed by atoms with Gasteiger partial charge in [0.2, 0.25) is 0 Å². The van der Waals surface area contributed by atoms with Gasteiger partial charge in [0.25, 0.3) is 0 Å². The fourth-order valence-electron chi connectivity index (χ4n) is 1.54. The van der Waals surface area contributed by atoms with Gasteiger partial charge in [-0.25, -0.2) is 4.21 Å². The lowest BCUT2D eigenvalue weighted by Gasteiger charge is -2.00. The number of benzene rings is 1. The lowest BCUT2D eigenvalue weighted by molar-refractivity contribution is 0.658. The molecule has 84 valence electrons. The molecule has 0 aliphatic heterocycles. The van der Waals surface area contributed by atoms with E-state index in [1.165, 1.54) is 18.4 Å². The second kappa shape index (κ2) is 7.89. The second-order valence-electron chi connectivity index (χ2n) is 3.64. The zero-order chi connectivity index (χ0) is 10.9. The first-order valence-corrected chi connectivity index (χ1v) is 7.52. The van der Waals surface area contributed by atoms with E-state index in [1.807, 2.05) is 6.07 Å². The molecule has 0 N–H and O–H groups in total. The van der Waals surface area contributed by atoms with Gasteiger partial charge in [0.1, 0.15) is 10.0 Å². The third-order valence-electron chi connectivity index (χ3n) is 2.36. The Morgan fingerprint density at radius 3 is 2.33 bits per heavy atom. The molecule has 0 amide bonds. The molecule has 0 heterocycles. The molecule has 1 unspecified atom stereocenters. The fraction of sp³-hybridized carbons (Fsp3) is 0.500. The summed E-state index contributed by atoms with van der Waals surface area (Å²) in [7, 11) is 4.22. The van der Waals surface area contributed by atoms with E-state index >= 15 is 0 Å². The Labute approximate surface area is 98.8 Å². The van der Waals surface area contributed by atoms with Crippen LogP contribution in [0.3, 0.4) is 0 Å². The summed E-state index contributed by atoms with van der Waals surface area (Å²) in [5.74, 6) is 0.632. The maximum Gasteiger partial charge on any atom is 0.114 e. The van der Waals surface area contributed by atoms with Gasteiger partial charge in [-0.1, -0.05) is 43.2 Å². The first-order chi connectivity index (χ1) is 7.29.